The maximum Gasteiger partial charge on any atom is 0.330 e. The summed E-state index contributed by atoms with van der Waals surface area (Å²) in [4.78, 5) is 24.5. The molecule has 0 amide bonds. The molecule has 1 aromatic heterocycles. The van der Waals surface area contributed by atoms with E-state index in [1.54, 1.807) is 0 Å². The first-order valence-corrected chi connectivity index (χ1v) is 4.94. The van der Waals surface area contributed by atoms with Gasteiger partial charge in [0.1, 0.15) is 18.3 Å². The maximum absolute atomic E-state index is 11.5. The third-order valence-corrected chi connectivity index (χ3v) is 2.83. The lowest BCUT2D eigenvalue weighted by Gasteiger charge is -2.17. The molecule has 2 aliphatic rings. The number of rotatable bonds is 2. The second-order valence-electron chi connectivity index (χ2n) is 3.83. The van der Waals surface area contributed by atoms with E-state index in [0.717, 1.165) is 0 Å². The Bertz CT molecular complexity index is 521. The minimum Gasteiger partial charge on any atom is -0.394 e. The van der Waals surface area contributed by atoms with Crippen LogP contribution in [0.5, 0.6) is 0 Å². The molecule has 2 fully saturated rings. The minimum atomic E-state index is -0.563. The minimum absolute atomic E-state index is 0.143. The number of aliphatic hydroxyl groups is 1. The number of aromatic nitrogens is 2. The Hall–Kier alpha value is -1.44. The molecule has 0 saturated carbocycles. The highest BCUT2D eigenvalue weighted by molar-refractivity contribution is 5.02. The molecule has 0 unspecified atom stereocenters. The molecular weight excluding hydrogens is 216 g/mol. The van der Waals surface area contributed by atoms with E-state index in [0.29, 0.717) is 0 Å². The fourth-order valence-corrected chi connectivity index (χ4v) is 2.00. The van der Waals surface area contributed by atoms with Crippen molar-refractivity contribution in [2.24, 2.45) is 0 Å². The Morgan fingerprint density at radius 1 is 1.38 bits per heavy atom. The van der Waals surface area contributed by atoms with Gasteiger partial charge in [0.25, 0.3) is 5.56 Å². The number of nitrogens with zero attached hydrogens (tertiary/aromatic N) is 1. The van der Waals surface area contributed by atoms with Gasteiger partial charge in [-0.25, -0.2) is 4.79 Å². The summed E-state index contributed by atoms with van der Waals surface area (Å²) in [5.41, 5.74) is -0.989. The Morgan fingerprint density at radius 2 is 2.19 bits per heavy atom. The largest absolute Gasteiger partial charge is 0.394 e. The van der Waals surface area contributed by atoms with E-state index >= 15 is 0 Å². The molecule has 0 aromatic carbocycles. The lowest BCUT2D eigenvalue weighted by molar-refractivity contribution is -0.0856. The molecule has 0 bridgehead atoms. The van der Waals surface area contributed by atoms with Crippen LogP contribution in [0, 0.1) is 0 Å². The first kappa shape index (κ1) is 9.76. The summed E-state index contributed by atoms with van der Waals surface area (Å²) in [6.45, 7) is -0.143. The average Bonchev–Trinajstić information content (AvgIpc) is 2.96. The van der Waals surface area contributed by atoms with Gasteiger partial charge in [-0.3, -0.25) is 14.3 Å². The van der Waals surface area contributed by atoms with Crippen LogP contribution in [0.3, 0.4) is 0 Å². The van der Waals surface area contributed by atoms with Gasteiger partial charge < -0.3 is 14.6 Å². The lowest BCUT2D eigenvalue weighted by atomic mass is 10.2. The molecule has 1 aromatic rings. The number of H-pyrrole nitrogens is 1. The Balaban J connectivity index is 1.94. The van der Waals surface area contributed by atoms with Crippen LogP contribution in [0.25, 0.3) is 0 Å². The first-order chi connectivity index (χ1) is 7.70. The highest BCUT2D eigenvalue weighted by Gasteiger charge is 2.58. The second-order valence-corrected chi connectivity index (χ2v) is 3.83. The van der Waals surface area contributed by atoms with Crippen molar-refractivity contribution in [3.63, 3.8) is 0 Å². The van der Waals surface area contributed by atoms with Gasteiger partial charge in [0, 0.05) is 12.3 Å². The van der Waals surface area contributed by atoms with Crippen molar-refractivity contribution < 1.29 is 14.6 Å². The summed E-state index contributed by atoms with van der Waals surface area (Å²) in [5, 5.41) is 8.99. The summed E-state index contributed by atoms with van der Waals surface area (Å²) in [6, 6.07) is 1.24. The van der Waals surface area contributed by atoms with Crippen molar-refractivity contribution in [1.82, 2.24) is 9.55 Å². The molecular formula is C9H10N2O5. The van der Waals surface area contributed by atoms with Gasteiger partial charge in [0.05, 0.1) is 6.61 Å². The SMILES string of the molecule is O=c1ccn([C@@H]2O[C@H](CO)[C@@H]3O[C@@H]32)c(=O)[nH]1. The van der Waals surface area contributed by atoms with Crippen molar-refractivity contribution in [1.29, 1.82) is 0 Å². The molecule has 0 aliphatic carbocycles. The molecule has 2 saturated heterocycles. The van der Waals surface area contributed by atoms with Crippen LogP contribution < -0.4 is 11.2 Å². The molecule has 4 atom stereocenters. The zero-order valence-corrected chi connectivity index (χ0v) is 8.20. The van der Waals surface area contributed by atoms with Crippen molar-refractivity contribution >= 4 is 0 Å². The van der Waals surface area contributed by atoms with Crippen LogP contribution in [-0.2, 0) is 9.47 Å². The van der Waals surface area contributed by atoms with Crippen molar-refractivity contribution in [2.45, 2.75) is 24.5 Å². The Morgan fingerprint density at radius 3 is 2.81 bits per heavy atom. The summed E-state index contributed by atoms with van der Waals surface area (Å²) < 4.78 is 12.0. The topological polar surface area (TPSA) is 96.8 Å². The zero-order valence-electron chi connectivity index (χ0n) is 8.20. The van der Waals surface area contributed by atoms with Crippen molar-refractivity contribution in [3.8, 4) is 0 Å². The molecule has 0 radical (unpaired) electrons. The Labute approximate surface area is 89.2 Å². The third-order valence-electron chi connectivity index (χ3n) is 2.83. The number of aliphatic hydroxyl groups excluding tert-OH is 1. The molecule has 7 nitrogen and oxygen atoms in total. The lowest BCUT2D eigenvalue weighted by Crippen LogP contribution is -2.34. The van der Waals surface area contributed by atoms with Gasteiger partial charge in [-0.2, -0.15) is 0 Å². The molecule has 0 spiro atoms. The number of nitrogens with one attached hydrogen (secondary N) is 1. The zero-order chi connectivity index (χ0) is 11.3. The standard InChI is InChI=1S/C9H10N2O5/c12-3-4-6-7(16-6)8(15-4)11-2-1-5(13)10-9(11)14/h1-2,4,6-8,12H,3H2,(H,10,13,14)/t4-,6+,7+,8-/m1/s1. The number of ether oxygens (including phenoxy) is 2. The van der Waals surface area contributed by atoms with Crippen molar-refractivity contribution in [2.75, 3.05) is 6.61 Å². The van der Waals surface area contributed by atoms with E-state index in [1.165, 1.54) is 16.8 Å². The molecule has 2 aliphatic heterocycles. The molecule has 86 valence electrons. The van der Waals surface area contributed by atoms with Crippen LogP contribution in [0.15, 0.2) is 21.9 Å². The van der Waals surface area contributed by atoms with E-state index in [2.05, 4.69) is 4.98 Å². The summed E-state index contributed by atoms with van der Waals surface area (Å²) in [5.74, 6) is 0. The third kappa shape index (κ3) is 1.33. The van der Waals surface area contributed by atoms with Crippen molar-refractivity contribution in [3.05, 3.63) is 33.1 Å². The van der Waals surface area contributed by atoms with Gasteiger partial charge in [0.15, 0.2) is 6.23 Å². The quantitative estimate of drug-likeness (QED) is 0.579. The van der Waals surface area contributed by atoms with Crippen LogP contribution >= 0.6 is 0 Å². The highest BCUT2D eigenvalue weighted by Crippen LogP contribution is 2.43. The fourth-order valence-electron chi connectivity index (χ4n) is 2.00. The maximum atomic E-state index is 11.5. The van der Waals surface area contributed by atoms with Gasteiger partial charge >= 0.3 is 5.69 Å². The number of hydrogen-bond donors (Lipinski definition) is 2. The monoisotopic (exact) mass is 226 g/mol. The Kier molecular flexibility index (Phi) is 2.00. The number of fused-ring (bicyclic) bond motifs is 1. The van der Waals surface area contributed by atoms with E-state index in [-0.39, 0.29) is 18.8 Å². The van der Waals surface area contributed by atoms with Crippen LogP contribution in [0.1, 0.15) is 6.23 Å². The molecule has 7 heteroatoms. The molecule has 3 rings (SSSR count). The second kappa shape index (κ2) is 3.27. The van der Waals surface area contributed by atoms with E-state index in [4.69, 9.17) is 14.6 Å². The van der Waals surface area contributed by atoms with Gasteiger partial charge in [-0.15, -0.1) is 0 Å². The predicted octanol–water partition coefficient (Wildman–Crippen LogP) is -1.81. The van der Waals surface area contributed by atoms with Gasteiger partial charge in [0.2, 0.25) is 0 Å². The van der Waals surface area contributed by atoms with E-state index in [1.807, 2.05) is 0 Å². The number of hydrogen-bond acceptors (Lipinski definition) is 5. The van der Waals surface area contributed by atoms with E-state index in [9.17, 15) is 9.59 Å². The van der Waals surface area contributed by atoms with Crippen LogP contribution in [0.4, 0.5) is 0 Å². The summed E-state index contributed by atoms with van der Waals surface area (Å²) in [6.07, 6.45) is 0.0551. The van der Waals surface area contributed by atoms with Crippen LogP contribution in [-0.4, -0.2) is 39.6 Å². The number of aromatic amines is 1. The smallest absolute Gasteiger partial charge is 0.330 e. The fraction of sp³-hybridized carbons (Fsp3) is 0.556. The molecule has 16 heavy (non-hydrogen) atoms. The number of epoxide rings is 1. The summed E-state index contributed by atoms with van der Waals surface area (Å²) >= 11 is 0. The normalized spacial score (nSPS) is 36.1. The van der Waals surface area contributed by atoms with E-state index < -0.39 is 23.6 Å². The van der Waals surface area contributed by atoms with Crippen LogP contribution in [0.2, 0.25) is 0 Å². The van der Waals surface area contributed by atoms with Gasteiger partial charge in [-0.05, 0) is 0 Å². The van der Waals surface area contributed by atoms with Gasteiger partial charge in [-0.1, -0.05) is 0 Å². The molecule has 2 N–H and O–H groups in total. The summed E-state index contributed by atoms with van der Waals surface area (Å²) in [7, 11) is 0. The average molecular weight is 226 g/mol. The predicted molar refractivity (Wildman–Crippen MR) is 51.0 cm³/mol. The highest BCUT2D eigenvalue weighted by atomic mass is 16.7. The first-order valence-electron chi connectivity index (χ1n) is 4.94. The molecule has 3 heterocycles.